The molecule has 0 amide bonds. The lowest BCUT2D eigenvalue weighted by Crippen LogP contribution is -2.17. The van der Waals surface area contributed by atoms with Gasteiger partial charge in [0.2, 0.25) is 0 Å². The van der Waals surface area contributed by atoms with Crippen LogP contribution in [0, 0.1) is 19.7 Å². The molecule has 0 spiro atoms. The third-order valence-corrected chi connectivity index (χ3v) is 5.85. The summed E-state index contributed by atoms with van der Waals surface area (Å²) in [5.74, 6) is 0.734. The number of hydrogen-bond acceptors (Lipinski definition) is 5. The highest BCUT2D eigenvalue weighted by Gasteiger charge is 2.20. The van der Waals surface area contributed by atoms with Crippen LogP contribution in [0.3, 0.4) is 0 Å². The molecule has 0 aliphatic rings. The first-order valence-electron chi connectivity index (χ1n) is 9.83. The average Bonchev–Trinajstić information content (AvgIpc) is 3.27. The van der Waals surface area contributed by atoms with Gasteiger partial charge < -0.3 is 14.2 Å². The van der Waals surface area contributed by atoms with Gasteiger partial charge in [0.25, 0.3) is 0 Å². The minimum atomic E-state index is -0.533. The predicted octanol–water partition coefficient (Wildman–Crippen LogP) is 5.00. The Morgan fingerprint density at radius 2 is 2.06 bits per heavy atom. The van der Waals surface area contributed by atoms with Crippen LogP contribution in [0.2, 0.25) is 5.02 Å². The molecule has 3 aromatic heterocycles. The number of pyridine rings is 1. The lowest BCUT2D eigenvalue weighted by Gasteiger charge is -2.12. The Kier molecular flexibility index (Phi) is 4.74. The van der Waals surface area contributed by atoms with E-state index < -0.39 is 5.82 Å². The van der Waals surface area contributed by atoms with Crippen LogP contribution in [0.5, 0.6) is 5.75 Å². The van der Waals surface area contributed by atoms with E-state index in [0.717, 1.165) is 22.2 Å². The normalized spacial score (nSPS) is 11.5. The van der Waals surface area contributed by atoms with E-state index in [1.54, 1.807) is 23.9 Å². The van der Waals surface area contributed by atoms with Gasteiger partial charge in [-0.1, -0.05) is 22.8 Å². The molecule has 0 saturated carbocycles. The van der Waals surface area contributed by atoms with Crippen molar-refractivity contribution in [1.82, 2.24) is 19.7 Å². The number of ether oxygens (including phenoxy) is 1. The summed E-state index contributed by atoms with van der Waals surface area (Å²) in [5, 5.41) is 4.79. The molecule has 0 fully saturated rings. The van der Waals surface area contributed by atoms with Crippen LogP contribution >= 0.6 is 11.6 Å². The largest absolute Gasteiger partial charge is 0.496 e. The fourth-order valence-electron chi connectivity index (χ4n) is 4.07. The lowest BCUT2D eigenvalue weighted by molar-refractivity contribution is 0.393. The van der Waals surface area contributed by atoms with Gasteiger partial charge in [0, 0.05) is 10.9 Å². The van der Waals surface area contributed by atoms with E-state index in [1.807, 2.05) is 26.0 Å². The van der Waals surface area contributed by atoms with Crippen LogP contribution in [-0.2, 0) is 6.54 Å². The molecule has 5 aromatic rings. The molecule has 1 N–H and O–H groups in total. The Bertz CT molecular complexity index is 1550. The SMILES string of the molecule is COc1cc2c(cc1-c1c(C)noc1C)ncc1[nH]c(=O)n(Cc3ccc(Cl)c(F)c3)c12. The highest BCUT2D eigenvalue weighted by Crippen LogP contribution is 2.38. The standard InChI is InChI=1S/C23H18ClFN4O3/c1-11-21(12(2)32-28-11)15-7-18-14(8-20(15)31-3)22-19(9-26-18)27-23(30)29(22)10-13-4-5-16(24)17(25)6-13/h4-9H,10H2,1-3H3,(H,27,30). The number of methoxy groups -OCH3 is 1. The molecule has 32 heavy (non-hydrogen) atoms. The van der Waals surface area contributed by atoms with E-state index in [4.69, 9.17) is 20.9 Å². The topological polar surface area (TPSA) is 85.9 Å². The molecular weight excluding hydrogens is 435 g/mol. The van der Waals surface area contributed by atoms with Crippen LogP contribution < -0.4 is 10.4 Å². The number of benzene rings is 2. The predicted molar refractivity (Wildman–Crippen MR) is 120 cm³/mol. The molecule has 2 aromatic carbocycles. The summed E-state index contributed by atoms with van der Waals surface area (Å²) in [7, 11) is 1.58. The van der Waals surface area contributed by atoms with E-state index in [-0.39, 0.29) is 17.3 Å². The van der Waals surface area contributed by atoms with Gasteiger partial charge in [-0.05, 0) is 43.7 Å². The number of imidazole rings is 1. The summed E-state index contributed by atoms with van der Waals surface area (Å²) < 4.78 is 26.5. The van der Waals surface area contributed by atoms with Gasteiger partial charge >= 0.3 is 5.69 Å². The zero-order chi connectivity index (χ0) is 22.6. The van der Waals surface area contributed by atoms with Crippen LogP contribution in [0.4, 0.5) is 4.39 Å². The second kappa shape index (κ2) is 7.49. The van der Waals surface area contributed by atoms with Gasteiger partial charge in [0.15, 0.2) is 0 Å². The summed E-state index contributed by atoms with van der Waals surface area (Å²) in [4.78, 5) is 20.1. The van der Waals surface area contributed by atoms with E-state index in [0.29, 0.717) is 33.6 Å². The third kappa shape index (κ3) is 3.15. The maximum Gasteiger partial charge on any atom is 0.326 e. The van der Waals surface area contributed by atoms with Crippen LogP contribution in [0.15, 0.2) is 45.8 Å². The maximum atomic E-state index is 14.0. The van der Waals surface area contributed by atoms with Crippen molar-refractivity contribution in [2.75, 3.05) is 7.11 Å². The van der Waals surface area contributed by atoms with Gasteiger partial charge in [-0.3, -0.25) is 9.55 Å². The van der Waals surface area contributed by atoms with Gasteiger partial charge in [-0.15, -0.1) is 0 Å². The van der Waals surface area contributed by atoms with Gasteiger partial charge in [-0.25, -0.2) is 9.18 Å². The highest BCUT2D eigenvalue weighted by atomic mass is 35.5. The number of hydrogen-bond donors (Lipinski definition) is 1. The van der Waals surface area contributed by atoms with Gasteiger partial charge in [-0.2, -0.15) is 0 Å². The number of fused-ring (bicyclic) bond motifs is 3. The van der Waals surface area contributed by atoms with Crippen molar-refractivity contribution < 1.29 is 13.7 Å². The quantitative estimate of drug-likeness (QED) is 0.414. The molecule has 7 nitrogen and oxygen atoms in total. The molecule has 0 aliphatic carbocycles. The number of halogens is 2. The molecule has 162 valence electrons. The van der Waals surface area contributed by atoms with Crippen molar-refractivity contribution in [3.8, 4) is 16.9 Å². The van der Waals surface area contributed by atoms with Crippen LogP contribution in [0.25, 0.3) is 33.1 Å². The summed E-state index contributed by atoms with van der Waals surface area (Å²) >= 11 is 5.80. The minimum Gasteiger partial charge on any atom is -0.496 e. The van der Waals surface area contributed by atoms with Crippen LogP contribution in [-0.4, -0.2) is 26.8 Å². The van der Waals surface area contributed by atoms with Crippen molar-refractivity contribution in [3.05, 3.63) is 74.9 Å². The first-order valence-corrected chi connectivity index (χ1v) is 10.2. The molecule has 0 saturated heterocycles. The molecule has 0 unspecified atom stereocenters. The van der Waals surface area contributed by atoms with Crippen molar-refractivity contribution in [1.29, 1.82) is 0 Å². The maximum absolute atomic E-state index is 14.0. The smallest absolute Gasteiger partial charge is 0.326 e. The van der Waals surface area contributed by atoms with E-state index >= 15 is 0 Å². The van der Waals surface area contributed by atoms with Crippen molar-refractivity contribution >= 4 is 33.5 Å². The molecule has 0 radical (unpaired) electrons. The van der Waals surface area contributed by atoms with Gasteiger partial charge in [0.1, 0.15) is 17.3 Å². The third-order valence-electron chi connectivity index (χ3n) is 5.54. The zero-order valence-electron chi connectivity index (χ0n) is 17.5. The van der Waals surface area contributed by atoms with E-state index in [1.165, 1.54) is 12.1 Å². The summed E-state index contributed by atoms with van der Waals surface area (Å²) in [6.45, 7) is 3.87. The minimum absolute atomic E-state index is 0.0336. The summed E-state index contributed by atoms with van der Waals surface area (Å²) in [6, 6.07) is 8.23. The fraction of sp³-hybridized carbons (Fsp3) is 0.174. The Balaban J connectivity index is 1.75. The number of aromatic nitrogens is 4. The molecule has 9 heteroatoms. The molecule has 0 bridgehead atoms. The Labute approximate surface area is 186 Å². The number of aromatic amines is 1. The van der Waals surface area contributed by atoms with Gasteiger partial charge in [0.05, 0.1) is 52.7 Å². The zero-order valence-corrected chi connectivity index (χ0v) is 18.2. The molecule has 3 heterocycles. The Morgan fingerprint density at radius 1 is 1.25 bits per heavy atom. The summed E-state index contributed by atoms with van der Waals surface area (Å²) in [5.41, 5.74) is 4.56. The monoisotopic (exact) mass is 452 g/mol. The Morgan fingerprint density at radius 3 is 2.75 bits per heavy atom. The lowest BCUT2D eigenvalue weighted by atomic mass is 10.0. The average molecular weight is 453 g/mol. The molecule has 0 aliphatic heterocycles. The van der Waals surface area contributed by atoms with Crippen molar-refractivity contribution in [2.45, 2.75) is 20.4 Å². The number of nitrogens with zero attached hydrogens (tertiary/aromatic N) is 3. The first kappa shape index (κ1) is 20.3. The highest BCUT2D eigenvalue weighted by molar-refractivity contribution is 6.30. The second-order valence-corrected chi connectivity index (χ2v) is 7.96. The number of aryl methyl sites for hydroxylation is 2. The first-order chi connectivity index (χ1) is 15.4. The summed E-state index contributed by atoms with van der Waals surface area (Å²) in [6.07, 6.45) is 1.61. The number of rotatable bonds is 4. The Hall–Kier alpha value is -3.65. The van der Waals surface area contributed by atoms with Crippen molar-refractivity contribution in [2.24, 2.45) is 0 Å². The second-order valence-electron chi connectivity index (χ2n) is 7.55. The molecular formula is C23H18ClFN4O3. The molecule has 0 atom stereocenters. The fourth-order valence-corrected chi connectivity index (χ4v) is 4.19. The number of nitrogens with one attached hydrogen (secondary N) is 1. The molecule has 5 rings (SSSR count). The van der Waals surface area contributed by atoms with E-state index in [9.17, 15) is 9.18 Å². The van der Waals surface area contributed by atoms with E-state index in [2.05, 4.69) is 15.1 Å². The number of H-pyrrole nitrogens is 1. The van der Waals surface area contributed by atoms with Crippen molar-refractivity contribution in [3.63, 3.8) is 0 Å². The van der Waals surface area contributed by atoms with Crippen LogP contribution in [0.1, 0.15) is 17.0 Å².